The Morgan fingerprint density at radius 2 is 1.96 bits per heavy atom. The molecule has 3 N–H and O–H groups in total. The minimum atomic E-state index is -0.396. The van der Waals surface area contributed by atoms with E-state index in [9.17, 15) is 14.4 Å². The van der Waals surface area contributed by atoms with Gasteiger partial charge in [-0.05, 0) is 18.1 Å². The fourth-order valence-electron chi connectivity index (χ4n) is 2.72. The molecule has 0 spiro atoms. The van der Waals surface area contributed by atoms with E-state index in [0.29, 0.717) is 13.0 Å². The van der Waals surface area contributed by atoms with Crippen molar-refractivity contribution < 1.29 is 14.4 Å². The number of para-hydroxylation sites is 1. The molecule has 2 heterocycles. The van der Waals surface area contributed by atoms with Crippen molar-refractivity contribution in [1.29, 1.82) is 0 Å². The van der Waals surface area contributed by atoms with E-state index >= 15 is 0 Å². The van der Waals surface area contributed by atoms with Crippen molar-refractivity contribution in [3.8, 4) is 0 Å². The molecule has 120 valence electrons. The first-order chi connectivity index (χ1) is 11.1. The Morgan fingerprint density at radius 3 is 2.74 bits per heavy atom. The molecule has 0 bridgehead atoms. The van der Waals surface area contributed by atoms with Crippen molar-refractivity contribution in [2.75, 3.05) is 13.1 Å². The molecule has 0 atom stereocenters. The number of nitrogens with one attached hydrogen (secondary N) is 3. The molecule has 0 unspecified atom stereocenters. The summed E-state index contributed by atoms with van der Waals surface area (Å²) in [4.78, 5) is 39.7. The minimum absolute atomic E-state index is 0.0216. The normalized spacial score (nSPS) is 14.3. The first-order valence-electron chi connectivity index (χ1n) is 7.54. The zero-order valence-corrected chi connectivity index (χ0v) is 12.6. The molecule has 0 saturated carbocycles. The molecule has 0 radical (unpaired) electrons. The largest absolute Gasteiger partial charge is 0.361 e. The zero-order chi connectivity index (χ0) is 16.2. The number of likely N-dealkylation sites (tertiary alicyclic amines) is 1. The van der Waals surface area contributed by atoms with Crippen LogP contribution in [0.4, 0.5) is 0 Å². The predicted molar refractivity (Wildman–Crippen MR) is 84.1 cm³/mol. The standard InChI is InChI=1S/C16H18N4O3/c21-14(8-11-9-17-13-5-2-1-4-12(11)13)18-19-15(22)10-20-7-3-6-16(20)23/h1-2,4-5,9,17H,3,6-8,10H2,(H,18,21)(H,19,22). The molecular formula is C16H18N4O3. The number of amides is 3. The number of carbonyl (C=O) groups excluding carboxylic acids is 3. The third kappa shape index (κ3) is 3.50. The summed E-state index contributed by atoms with van der Waals surface area (Å²) in [5, 5.41) is 0.983. The van der Waals surface area contributed by atoms with E-state index in [0.717, 1.165) is 22.9 Å². The van der Waals surface area contributed by atoms with Crippen LogP contribution in [0.3, 0.4) is 0 Å². The maximum atomic E-state index is 11.9. The molecule has 7 heteroatoms. The van der Waals surface area contributed by atoms with E-state index in [4.69, 9.17) is 0 Å². The van der Waals surface area contributed by atoms with Gasteiger partial charge in [0.2, 0.25) is 11.8 Å². The summed E-state index contributed by atoms with van der Waals surface area (Å²) in [6, 6.07) is 7.70. The molecule has 2 aromatic rings. The van der Waals surface area contributed by atoms with E-state index in [1.54, 1.807) is 6.20 Å². The van der Waals surface area contributed by atoms with Crippen molar-refractivity contribution in [2.24, 2.45) is 0 Å². The van der Waals surface area contributed by atoms with Crippen LogP contribution in [0.15, 0.2) is 30.5 Å². The number of aromatic nitrogens is 1. The second-order valence-corrected chi connectivity index (χ2v) is 5.55. The lowest BCUT2D eigenvalue weighted by atomic mass is 10.1. The second-order valence-electron chi connectivity index (χ2n) is 5.55. The minimum Gasteiger partial charge on any atom is -0.361 e. The summed E-state index contributed by atoms with van der Waals surface area (Å²) in [5.74, 6) is -0.728. The van der Waals surface area contributed by atoms with Crippen LogP contribution in [0.5, 0.6) is 0 Å². The van der Waals surface area contributed by atoms with E-state index in [1.807, 2.05) is 24.3 Å². The van der Waals surface area contributed by atoms with Gasteiger partial charge in [0.1, 0.15) is 6.54 Å². The highest BCUT2D eigenvalue weighted by atomic mass is 16.2. The lowest BCUT2D eigenvalue weighted by molar-refractivity contribution is -0.134. The van der Waals surface area contributed by atoms with E-state index in [-0.39, 0.29) is 24.8 Å². The number of carbonyl (C=O) groups is 3. The van der Waals surface area contributed by atoms with Crippen LogP contribution in [-0.4, -0.2) is 40.7 Å². The number of hydrazine groups is 1. The number of benzene rings is 1. The predicted octanol–water partition coefficient (Wildman–Crippen LogP) is 0.480. The Labute approximate surface area is 133 Å². The third-order valence-corrected chi connectivity index (χ3v) is 3.87. The van der Waals surface area contributed by atoms with Crippen molar-refractivity contribution in [1.82, 2.24) is 20.7 Å². The second kappa shape index (κ2) is 6.51. The molecular weight excluding hydrogens is 296 g/mol. The van der Waals surface area contributed by atoms with Crippen LogP contribution < -0.4 is 10.9 Å². The van der Waals surface area contributed by atoms with Gasteiger partial charge in [0.15, 0.2) is 0 Å². The monoisotopic (exact) mass is 314 g/mol. The first-order valence-corrected chi connectivity index (χ1v) is 7.54. The highest BCUT2D eigenvalue weighted by molar-refractivity contribution is 5.90. The van der Waals surface area contributed by atoms with E-state index in [1.165, 1.54) is 4.90 Å². The Balaban J connectivity index is 1.49. The maximum Gasteiger partial charge on any atom is 0.257 e. The summed E-state index contributed by atoms with van der Waals surface area (Å²) in [6.45, 7) is 0.571. The Morgan fingerprint density at radius 1 is 1.17 bits per heavy atom. The van der Waals surface area contributed by atoms with Gasteiger partial charge in [0.05, 0.1) is 6.42 Å². The molecule has 1 aliphatic heterocycles. The molecule has 1 aromatic heterocycles. The molecule has 23 heavy (non-hydrogen) atoms. The van der Waals surface area contributed by atoms with Gasteiger partial charge in [0.25, 0.3) is 5.91 Å². The number of hydrogen-bond donors (Lipinski definition) is 3. The zero-order valence-electron chi connectivity index (χ0n) is 12.6. The molecule has 0 aliphatic carbocycles. The van der Waals surface area contributed by atoms with Gasteiger partial charge in [0, 0.05) is 30.1 Å². The third-order valence-electron chi connectivity index (χ3n) is 3.87. The summed E-state index contributed by atoms with van der Waals surface area (Å²) >= 11 is 0. The highest BCUT2D eigenvalue weighted by Gasteiger charge is 2.22. The average Bonchev–Trinajstić information content (AvgIpc) is 3.13. The fourth-order valence-corrected chi connectivity index (χ4v) is 2.72. The van der Waals surface area contributed by atoms with Gasteiger partial charge in [-0.2, -0.15) is 0 Å². The van der Waals surface area contributed by atoms with Crippen LogP contribution in [0, 0.1) is 0 Å². The SMILES string of the molecule is O=C(Cc1c[nH]c2ccccc12)NNC(=O)CN1CCCC1=O. The molecule has 7 nitrogen and oxygen atoms in total. The summed E-state index contributed by atoms with van der Waals surface area (Å²) < 4.78 is 0. The van der Waals surface area contributed by atoms with Gasteiger partial charge in [-0.25, -0.2) is 0 Å². The lowest BCUT2D eigenvalue weighted by Crippen LogP contribution is -2.47. The maximum absolute atomic E-state index is 11.9. The molecule has 3 amide bonds. The Hall–Kier alpha value is -2.83. The van der Waals surface area contributed by atoms with Crippen LogP contribution in [0.25, 0.3) is 10.9 Å². The fraction of sp³-hybridized carbons (Fsp3) is 0.312. The van der Waals surface area contributed by atoms with Crippen LogP contribution >= 0.6 is 0 Å². The topological polar surface area (TPSA) is 94.3 Å². The Kier molecular flexibility index (Phi) is 4.27. The molecule has 3 rings (SSSR count). The van der Waals surface area contributed by atoms with Crippen molar-refractivity contribution in [2.45, 2.75) is 19.3 Å². The number of nitrogens with zero attached hydrogens (tertiary/aromatic N) is 1. The summed E-state index contributed by atoms with van der Waals surface area (Å²) in [5.41, 5.74) is 6.56. The van der Waals surface area contributed by atoms with Gasteiger partial charge in [-0.15, -0.1) is 0 Å². The molecule has 1 saturated heterocycles. The Bertz CT molecular complexity index is 753. The van der Waals surface area contributed by atoms with Crippen molar-refractivity contribution in [3.63, 3.8) is 0 Å². The van der Waals surface area contributed by atoms with Crippen LogP contribution in [-0.2, 0) is 20.8 Å². The average molecular weight is 314 g/mol. The van der Waals surface area contributed by atoms with Crippen molar-refractivity contribution in [3.05, 3.63) is 36.0 Å². The van der Waals surface area contributed by atoms with Crippen LogP contribution in [0.1, 0.15) is 18.4 Å². The quantitative estimate of drug-likeness (QED) is 0.717. The lowest BCUT2D eigenvalue weighted by Gasteiger charge is -2.15. The smallest absolute Gasteiger partial charge is 0.257 e. The number of fused-ring (bicyclic) bond motifs is 1. The molecule has 1 aromatic carbocycles. The van der Waals surface area contributed by atoms with Gasteiger partial charge >= 0.3 is 0 Å². The number of hydrogen-bond acceptors (Lipinski definition) is 3. The first kappa shape index (κ1) is 15.1. The number of aromatic amines is 1. The van der Waals surface area contributed by atoms with E-state index in [2.05, 4.69) is 15.8 Å². The molecule has 1 aliphatic rings. The summed E-state index contributed by atoms with van der Waals surface area (Å²) in [7, 11) is 0. The number of rotatable bonds is 4. The van der Waals surface area contributed by atoms with Crippen molar-refractivity contribution >= 4 is 28.6 Å². The number of H-pyrrole nitrogens is 1. The van der Waals surface area contributed by atoms with E-state index < -0.39 is 5.91 Å². The van der Waals surface area contributed by atoms with Crippen LogP contribution in [0.2, 0.25) is 0 Å². The summed E-state index contributed by atoms with van der Waals surface area (Å²) in [6.07, 6.45) is 3.21. The van der Waals surface area contributed by atoms with Gasteiger partial charge in [-0.1, -0.05) is 18.2 Å². The highest BCUT2D eigenvalue weighted by Crippen LogP contribution is 2.17. The molecule has 1 fully saturated rings. The van der Waals surface area contributed by atoms with Gasteiger partial charge in [-0.3, -0.25) is 25.2 Å². The van der Waals surface area contributed by atoms with Gasteiger partial charge < -0.3 is 9.88 Å².